The summed E-state index contributed by atoms with van der Waals surface area (Å²) in [5, 5.41) is 12.3. The minimum atomic E-state index is 0.0424. The summed E-state index contributed by atoms with van der Waals surface area (Å²) in [6.07, 6.45) is 6.62. The van der Waals surface area contributed by atoms with Gasteiger partial charge >= 0.3 is 6.03 Å². The molecule has 0 bridgehead atoms. The Morgan fingerprint density at radius 1 is 1.09 bits per heavy atom. The Hall–Kier alpha value is -1.55. The number of nitrogens with one attached hydrogen (secondary N) is 1. The summed E-state index contributed by atoms with van der Waals surface area (Å²) < 4.78 is 0. The summed E-state index contributed by atoms with van der Waals surface area (Å²) in [5.74, 6) is 0.171. The second-order valence-corrected chi connectivity index (χ2v) is 6.06. The van der Waals surface area contributed by atoms with Crippen molar-refractivity contribution in [1.29, 1.82) is 0 Å². The van der Waals surface area contributed by atoms with Crippen LogP contribution in [-0.2, 0) is 0 Å². The molecule has 1 unspecified atom stereocenters. The van der Waals surface area contributed by atoms with Gasteiger partial charge in [-0.05, 0) is 24.8 Å². The van der Waals surface area contributed by atoms with E-state index < -0.39 is 0 Å². The second kappa shape index (κ2) is 9.46. The molecule has 2 N–H and O–H groups in total. The molecule has 0 saturated carbocycles. The highest BCUT2D eigenvalue weighted by Gasteiger charge is 2.17. The average molecular weight is 304 g/mol. The largest absolute Gasteiger partial charge is 0.396 e. The van der Waals surface area contributed by atoms with Crippen LogP contribution in [0.15, 0.2) is 30.3 Å². The lowest BCUT2D eigenvalue weighted by Crippen LogP contribution is -2.43. The van der Waals surface area contributed by atoms with Crippen molar-refractivity contribution >= 4 is 6.03 Å². The third-order valence-corrected chi connectivity index (χ3v) is 4.39. The van der Waals surface area contributed by atoms with Crippen LogP contribution in [0.2, 0.25) is 0 Å². The van der Waals surface area contributed by atoms with Crippen molar-refractivity contribution in [3.8, 4) is 0 Å². The molecule has 0 radical (unpaired) electrons. The molecular weight excluding hydrogens is 276 g/mol. The van der Waals surface area contributed by atoms with Crippen LogP contribution in [0.4, 0.5) is 4.79 Å². The maximum Gasteiger partial charge on any atom is 0.317 e. The molecule has 0 aromatic heterocycles. The Bertz CT molecular complexity index is 428. The molecule has 1 atom stereocenters. The van der Waals surface area contributed by atoms with Crippen LogP contribution in [0.3, 0.4) is 0 Å². The fraction of sp³-hybridized carbons (Fsp3) is 0.611. The molecule has 2 amide bonds. The number of aliphatic hydroxyl groups excluding tert-OH is 1. The number of nitrogens with zero attached hydrogens (tertiary/aromatic N) is 1. The summed E-state index contributed by atoms with van der Waals surface area (Å²) in [4.78, 5) is 14.3. The van der Waals surface area contributed by atoms with Gasteiger partial charge in [-0.15, -0.1) is 0 Å². The van der Waals surface area contributed by atoms with Crippen LogP contribution in [0, 0.1) is 0 Å². The molecule has 1 fully saturated rings. The number of rotatable bonds is 5. The zero-order valence-electron chi connectivity index (χ0n) is 13.3. The molecule has 1 aliphatic heterocycles. The molecule has 4 heteroatoms. The number of aliphatic hydroxyl groups is 1. The zero-order chi connectivity index (χ0) is 15.6. The van der Waals surface area contributed by atoms with Gasteiger partial charge in [-0.2, -0.15) is 0 Å². The molecule has 1 aliphatic rings. The van der Waals surface area contributed by atoms with Gasteiger partial charge in [0.15, 0.2) is 0 Å². The van der Waals surface area contributed by atoms with Gasteiger partial charge in [-0.1, -0.05) is 49.6 Å². The van der Waals surface area contributed by atoms with Crippen molar-refractivity contribution in [2.75, 3.05) is 26.2 Å². The van der Waals surface area contributed by atoms with E-state index >= 15 is 0 Å². The summed E-state index contributed by atoms with van der Waals surface area (Å²) in [5.41, 5.74) is 1.17. The number of likely N-dealkylation sites (tertiary alicyclic amines) is 1. The Morgan fingerprint density at radius 2 is 1.73 bits per heavy atom. The molecule has 122 valence electrons. The highest BCUT2D eigenvalue weighted by Crippen LogP contribution is 2.18. The summed E-state index contributed by atoms with van der Waals surface area (Å²) in [6.45, 7) is 2.45. The fourth-order valence-electron chi connectivity index (χ4n) is 3.04. The van der Waals surface area contributed by atoms with Crippen LogP contribution in [0.5, 0.6) is 0 Å². The van der Waals surface area contributed by atoms with Crippen LogP contribution in [0.25, 0.3) is 0 Å². The Kier molecular flexibility index (Phi) is 7.23. The molecule has 0 aliphatic carbocycles. The number of benzene rings is 1. The van der Waals surface area contributed by atoms with Crippen molar-refractivity contribution in [3.63, 3.8) is 0 Å². The number of urea groups is 1. The third-order valence-electron chi connectivity index (χ3n) is 4.39. The number of carbonyl (C=O) groups is 1. The monoisotopic (exact) mass is 304 g/mol. The van der Waals surface area contributed by atoms with Crippen LogP contribution in [0.1, 0.15) is 50.0 Å². The molecule has 1 saturated heterocycles. The van der Waals surface area contributed by atoms with E-state index in [1.54, 1.807) is 0 Å². The predicted octanol–water partition coefficient (Wildman–Crippen LogP) is 3.13. The first kappa shape index (κ1) is 16.8. The van der Waals surface area contributed by atoms with Gasteiger partial charge in [-0.25, -0.2) is 4.79 Å². The van der Waals surface area contributed by atoms with E-state index in [0.29, 0.717) is 13.0 Å². The molecule has 1 heterocycles. The number of hydrogen-bond donors (Lipinski definition) is 2. The van der Waals surface area contributed by atoms with E-state index in [2.05, 4.69) is 17.4 Å². The third kappa shape index (κ3) is 5.34. The van der Waals surface area contributed by atoms with Crippen molar-refractivity contribution in [3.05, 3.63) is 35.9 Å². The molecule has 1 aromatic carbocycles. The SMILES string of the molecule is O=C(NCC(CCO)c1ccccc1)N1CCCCCCC1. The fourth-order valence-corrected chi connectivity index (χ4v) is 3.04. The van der Waals surface area contributed by atoms with Crippen molar-refractivity contribution in [2.45, 2.75) is 44.4 Å². The molecule has 0 spiro atoms. The molecule has 4 nitrogen and oxygen atoms in total. The van der Waals surface area contributed by atoms with Crippen molar-refractivity contribution in [2.24, 2.45) is 0 Å². The zero-order valence-corrected chi connectivity index (χ0v) is 13.3. The minimum absolute atomic E-state index is 0.0424. The first-order chi connectivity index (χ1) is 10.8. The topological polar surface area (TPSA) is 52.6 Å². The maximum absolute atomic E-state index is 12.4. The van der Waals surface area contributed by atoms with Gasteiger partial charge < -0.3 is 15.3 Å². The van der Waals surface area contributed by atoms with Crippen LogP contribution < -0.4 is 5.32 Å². The summed E-state index contributed by atoms with van der Waals surface area (Å²) >= 11 is 0. The number of amides is 2. The summed E-state index contributed by atoms with van der Waals surface area (Å²) in [7, 11) is 0. The highest BCUT2D eigenvalue weighted by molar-refractivity contribution is 5.74. The molecule has 22 heavy (non-hydrogen) atoms. The number of hydrogen-bond acceptors (Lipinski definition) is 2. The smallest absolute Gasteiger partial charge is 0.317 e. The van der Waals surface area contributed by atoms with Crippen LogP contribution >= 0.6 is 0 Å². The lowest BCUT2D eigenvalue weighted by atomic mass is 9.96. The second-order valence-electron chi connectivity index (χ2n) is 6.06. The van der Waals surface area contributed by atoms with Gasteiger partial charge in [0.05, 0.1) is 0 Å². The normalized spacial score (nSPS) is 17.4. The first-order valence-electron chi connectivity index (χ1n) is 8.50. The van der Waals surface area contributed by atoms with E-state index in [1.807, 2.05) is 23.1 Å². The van der Waals surface area contributed by atoms with Crippen LogP contribution in [-0.4, -0.2) is 42.3 Å². The Balaban J connectivity index is 1.86. The summed E-state index contributed by atoms with van der Waals surface area (Å²) in [6, 6.07) is 10.1. The van der Waals surface area contributed by atoms with Crippen molar-refractivity contribution < 1.29 is 9.90 Å². The standard InChI is InChI=1S/C18H28N2O2/c21-14-11-17(16-9-5-4-6-10-16)15-19-18(22)20-12-7-2-1-3-8-13-20/h4-6,9-10,17,21H,1-3,7-8,11-15H2,(H,19,22). The quantitative estimate of drug-likeness (QED) is 0.878. The number of carbonyl (C=O) groups excluding carboxylic acids is 1. The van der Waals surface area contributed by atoms with Gasteiger partial charge in [0.25, 0.3) is 0 Å². The lowest BCUT2D eigenvalue weighted by molar-refractivity contribution is 0.190. The van der Waals surface area contributed by atoms with Crippen molar-refractivity contribution in [1.82, 2.24) is 10.2 Å². The Morgan fingerprint density at radius 3 is 2.36 bits per heavy atom. The maximum atomic E-state index is 12.4. The lowest BCUT2D eigenvalue weighted by Gasteiger charge is -2.26. The molecule has 1 aromatic rings. The van der Waals surface area contributed by atoms with E-state index in [4.69, 9.17) is 0 Å². The first-order valence-corrected chi connectivity index (χ1v) is 8.50. The van der Waals surface area contributed by atoms with Gasteiger partial charge in [-0.3, -0.25) is 0 Å². The highest BCUT2D eigenvalue weighted by atomic mass is 16.3. The van der Waals surface area contributed by atoms with Gasteiger partial charge in [0.2, 0.25) is 0 Å². The molecule has 2 rings (SSSR count). The molecular formula is C18H28N2O2. The average Bonchev–Trinajstić information content (AvgIpc) is 2.51. The Labute approximate surface area is 133 Å². The predicted molar refractivity (Wildman–Crippen MR) is 88.9 cm³/mol. The minimum Gasteiger partial charge on any atom is -0.396 e. The van der Waals surface area contributed by atoms with E-state index in [0.717, 1.165) is 25.9 Å². The van der Waals surface area contributed by atoms with E-state index in [-0.39, 0.29) is 18.6 Å². The van der Waals surface area contributed by atoms with E-state index in [1.165, 1.54) is 24.8 Å². The van der Waals surface area contributed by atoms with E-state index in [9.17, 15) is 9.90 Å². The van der Waals surface area contributed by atoms with Gasteiger partial charge in [0.1, 0.15) is 0 Å². The van der Waals surface area contributed by atoms with Gasteiger partial charge in [0, 0.05) is 32.2 Å².